The quantitative estimate of drug-likeness (QED) is 0.728. The average Bonchev–Trinajstić information content (AvgIpc) is 2.67. The molecule has 2 unspecified atom stereocenters. The molecule has 0 radical (unpaired) electrons. The molecule has 3 saturated heterocycles. The van der Waals surface area contributed by atoms with Crippen LogP contribution in [0.25, 0.3) is 10.8 Å². The fourth-order valence-corrected chi connectivity index (χ4v) is 4.54. The van der Waals surface area contributed by atoms with Gasteiger partial charge in [0.15, 0.2) is 0 Å². The van der Waals surface area contributed by atoms with Crippen molar-refractivity contribution in [3.8, 4) is 0 Å². The first kappa shape index (κ1) is 15.1. The van der Waals surface area contributed by atoms with Gasteiger partial charge >= 0.3 is 0 Å². The Morgan fingerprint density at radius 2 is 1.60 bits per heavy atom. The van der Waals surface area contributed by atoms with Crippen molar-refractivity contribution in [2.75, 3.05) is 13.1 Å². The molecule has 1 aromatic heterocycles. The minimum absolute atomic E-state index is 0.708. The van der Waals surface area contributed by atoms with Crippen molar-refractivity contribution in [1.29, 1.82) is 0 Å². The van der Waals surface area contributed by atoms with Crippen molar-refractivity contribution in [1.82, 2.24) is 14.8 Å². The number of hydrogen-bond acceptors (Lipinski definition) is 3. The number of rotatable bonds is 4. The molecule has 3 heteroatoms. The van der Waals surface area contributed by atoms with Crippen molar-refractivity contribution in [2.24, 2.45) is 0 Å². The van der Waals surface area contributed by atoms with Crippen LogP contribution in [-0.4, -0.2) is 40.0 Å². The Morgan fingerprint density at radius 1 is 0.840 bits per heavy atom. The number of pyridine rings is 1. The predicted octanol–water partition coefficient (Wildman–Crippen LogP) is 3.69. The van der Waals surface area contributed by atoms with Crippen LogP contribution in [0.5, 0.6) is 0 Å². The summed E-state index contributed by atoms with van der Waals surface area (Å²) in [5.74, 6) is 0. The van der Waals surface area contributed by atoms with Crippen molar-refractivity contribution in [3.05, 3.63) is 78.1 Å². The van der Waals surface area contributed by atoms with Crippen LogP contribution in [0.4, 0.5) is 0 Å². The van der Waals surface area contributed by atoms with Crippen LogP contribution in [-0.2, 0) is 13.1 Å². The van der Waals surface area contributed by atoms with E-state index in [2.05, 4.69) is 69.4 Å². The van der Waals surface area contributed by atoms with Gasteiger partial charge in [0.1, 0.15) is 0 Å². The number of benzene rings is 2. The zero-order valence-electron chi connectivity index (χ0n) is 14.4. The minimum atomic E-state index is 0.708. The Bertz CT molecular complexity index is 859. The van der Waals surface area contributed by atoms with Crippen molar-refractivity contribution < 1.29 is 0 Å². The molecular weight excluding hydrogens is 306 g/mol. The molecule has 6 rings (SSSR count). The van der Waals surface area contributed by atoms with Crippen LogP contribution in [0.3, 0.4) is 0 Å². The van der Waals surface area contributed by atoms with Gasteiger partial charge in [0.05, 0.1) is 0 Å². The highest BCUT2D eigenvalue weighted by Crippen LogP contribution is 2.35. The summed E-state index contributed by atoms with van der Waals surface area (Å²) in [6, 6.07) is 21.1. The van der Waals surface area contributed by atoms with Gasteiger partial charge in [-0.1, -0.05) is 42.5 Å². The third-order valence-corrected chi connectivity index (χ3v) is 5.81. The maximum absolute atomic E-state index is 4.12. The topological polar surface area (TPSA) is 19.4 Å². The lowest BCUT2D eigenvalue weighted by molar-refractivity contribution is -0.0772. The molecule has 3 fully saturated rings. The van der Waals surface area contributed by atoms with E-state index in [0.29, 0.717) is 12.1 Å². The molecular formula is C22H23N3. The number of aromatic nitrogens is 1. The fraction of sp³-hybridized carbons (Fsp3) is 0.318. The summed E-state index contributed by atoms with van der Waals surface area (Å²) in [4.78, 5) is 9.44. The molecule has 3 aliphatic rings. The summed E-state index contributed by atoms with van der Waals surface area (Å²) in [5, 5.41) is 2.76. The largest absolute Gasteiger partial charge is 0.296 e. The molecule has 0 spiro atoms. The van der Waals surface area contributed by atoms with E-state index in [1.54, 1.807) is 0 Å². The van der Waals surface area contributed by atoms with Gasteiger partial charge in [-0.15, -0.1) is 0 Å². The molecule has 25 heavy (non-hydrogen) atoms. The number of fused-ring (bicyclic) bond motifs is 3. The SMILES string of the molecule is c1ccc2c(CN3C4CC3CN(Cc3ccncc3)C4)cccc2c1. The van der Waals surface area contributed by atoms with Gasteiger partial charge < -0.3 is 0 Å². The van der Waals surface area contributed by atoms with E-state index in [0.717, 1.165) is 13.1 Å². The summed E-state index contributed by atoms with van der Waals surface area (Å²) in [5.41, 5.74) is 2.84. The molecule has 0 aliphatic carbocycles. The number of piperidine rings is 1. The molecule has 0 amide bonds. The molecule has 0 N–H and O–H groups in total. The normalized spacial score (nSPS) is 23.5. The predicted molar refractivity (Wildman–Crippen MR) is 101 cm³/mol. The first-order valence-electron chi connectivity index (χ1n) is 9.20. The lowest BCUT2D eigenvalue weighted by Gasteiger charge is -2.56. The van der Waals surface area contributed by atoms with E-state index in [-0.39, 0.29) is 0 Å². The van der Waals surface area contributed by atoms with E-state index in [1.807, 2.05) is 12.4 Å². The highest BCUT2D eigenvalue weighted by atomic mass is 15.4. The highest BCUT2D eigenvalue weighted by Gasteiger charge is 2.44. The van der Waals surface area contributed by atoms with Gasteiger partial charge in [-0.05, 0) is 40.5 Å². The van der Waals surface area contributed by atoms with Crippen LogP contribution < -0.4 is 0 Å². The second-order valence-corrected chi connectivity index (χ2v) is 7.40. The molecule has 2 aromatic carbocycles. The average molecular weight is 329 g/mol. The maximum Gasteiger partial charge on any atom is 0.0271 e. The summed E-state index contributed by atoms with van der Waals surface area (Å²) >= 11 is 0. The van der Waals surface area contributed by atoms with Crippen LogP contribution in [0.1, 0.15) is 17.5 Å². The zero-order valence-corrected chi connectivity index (χ0v) is 14.4. The first-order valence-corrected chi connectivity index (χ1v) is 9.20. The molecule has 2 bridgehead atoms. The summed E-state index contributed by atoms with van der Waals surface area (Å²) < 4.78 is 0. The second kappa shape index (κ2) is 6.25. The molecule has 3 nitrogen and oxygen atoms in total. The van der Waals surface area contributed by atoms with E-state index >= 15 is 0 Å². The van der Waals surface area contributed by atoms with E-state index in [4.69, 9.17) is 0 Å². The number of nitrogens with zero attached hydrogens (tertiary/aromatic N) is 3. The van der Waals surface area contributed by atoms with Crippen molar-refractivity contribution >= 4 is 10.8 Å². The molecule has 126 valence electrons. The summed E-state index contributed by atoms with van der Waals surface area (Å²) in [6.45, 7) is 4.50. The van der Waals surface area contributed by atoms with Crippen LogP contribution in [0.2, 0.25) is 0 Å². The molecule has 0 saturated carbocycles. The first-order chi connectivity index (χ1) is 12.4. The number of piperazine rings is 1. The molecule has 3 aromatic rings. The monoisotopic (exact) mass is 329 g/mol. The van der Waals surface area contributed by atoms with Gasteiger partial charge in [-0.2, -0.15) is 0 Å². The van der Waals surface area contributed by atoms with Crippen molar-refractivity contribution in [2.45, 2.75) is 31.6 Å². The van der Waals surface area contributed by atoms with E-state index < -0.39 is 0 Å². The Labute approximate surface area is 148 Å². The molecule has 4 heterocycles. The van der Waals surface area contributed by atoms with Gasteiger partial charge in [0.2, 0.25) is 0 Å². The Hall–Kier alpha value is -2.23. The van der Waals surface area contributed by atoms with Crippen LogP contribution in [0.15, 0.2) is 67.0 Å². The van der Waals surface area contributed by atoms with Gasteiger partial charge in [-0.25, -0.2) is 0 Å². The molecule has 2 atom stereocenters. The summed E-state index contributed by atoms with van der Waals surface area (Å²) in [7, 11) is 0. The van der Waals surface area contributed by atoms with Gasteiger partial charge in [0.25, 0.3) is 0 Å². The smallest absolute Gasteiger partial charge is 0.0271 e. The number of hydrogen-bond donors (Lipinski definition) is 0. The summed E-state index contributed by atoms with van der Waals surface area (Å²) in [6.07, 6.45) is 5.15. The fourth-order valence-electron chi connectivity index (χ4n) is 4.54. The third kappa shape index (κ3) is 2.84. The molecule has 3 aliphatic heterocycles. The van der Waals surface area contributed by atoms with E-state index in [9.17, 15) is 0 Å². The zero-order chi connectivity index (χ0) is 16.6. The van der Waals surface area contributed by atoms with Gasteiger partial charge in [-0.3, -0.25) is 14.8 Å². The second-order valence-electron chi connectivity index (χ2n) is 7.40. The highest BCUT2D eigenvalue weighted by molar-refractivity contribution is 5.85. The Morgan fingerprint density at radius 3 is 2.44 bits per heavy atom. The lowest BCUT2D eigenvalue weighted by Crippen LogP contribution is -2.67. The lowest BCUT2D eigenvalue weighted by atomic mass is 9.86. The van der Waals surface area contributed by atoms with Crippen molar-refractivity contribution in [3.63, 3.8) is 0 Å². The van der Waals surface area contributed by atoms with Crippen LogP contribution >= 0.6 is 0 Å². The third-order valence-electron chi connectivity index (χ3n) is 5.81. The standard InChI is InChI=1S/C22H23N3/c1-2-7-22-18(4-1)5-3-6-19(22)14-25-20-12-21(25)16-24(15-20)13-17-8-10-23-11-9-17/h1-11,20-21H,12-16H2. The van der Waals surface area contributed by atoms with Gasteiger partial charge in [0, 0.05) is 50.7 Å². The maximum atomic E-state index is 4.12. The van der Waals surface area contributed by atoms with E-state index in [1.165, 1.54) is 41.4 Å². The minimum Gasteiger partial charge on any atom is -0.296 e. The van der Waals surface area contributed by atoms with Crippen LogP contribution in [0, 0.1) is 0 Å². The Balaban J connectivity index is 1.28. The Kier molecular flexibility index (Phi) is 3.76.